The molecule has 0 radical (unpaired) electrons. The quantitative estimate of drug-likeness (QED) is 0.423. The number of nitrogens with one attached hydrogen (secondary N) is 2. The molecule has 0 aliphatic rings. The maximum Gasteiger partial charge on any atom is 0.262 e. The highest BCUT2D eigenvalue weighted by Gasteiger charge is 2.14. The molecule has 0 aliphatic carbocycles. The van der Waals surface area contributed by atoms with Gasteiger partial charge in [-0.05, 0) is 60.3 Å². The van der Waals surface area contributed by atoms with E-state index in [0.717, 1.165) is 5.56 Å². The Hall–Kier alpha value is -4.19. The van der Waals surface area contributed by atoms with Crippen LogP contribution in [0.5, 0.6) is 5.75 Å². The van der Waals surface area contributed by atoms with Gasteiger partial charge >= 0.3 is 0 Å². The summed E-state index contributed by atoms with van der Waals surface area (Å²) in [5.41, 5.74) is 2.62. The summed E-state index contributed by atoms with van der Waals surface area (Å²) in [6, 6.07) is 23.9. The van der Waals surface area contributed by atoms with Crippen LogP contribution in [0.3, 0.4) is 0 Å². The molecule has 0 saturated heterocycles. The number of fused-ring (bicyclic) bond motifs is 1. The van der Waals surface area contributed by atoms with Gasteiger partial charge in [0.05, 0.1) is 0 Å². The first-order chi connectivity index (χ1) is 15.5. The Balaban J connectivity index is 1.51. The molecule has 0 aromatic heterocycles. The standard InChI is InChI=1S/C26H21FN2O3/c1-17-6-4-8-19(14-17)29-26(31)23-12-13-24(22-11-3-2-10-21(22)23)32-16-25(30)28-20-9-5-7-18(27)15-20/h2-15H,16H2,1H3,(H,28,30)(H,29,31). The number of carbonyl (C=O) groups is 2. The minimum atomic E-state index is -0.436. The molecule has 4 aromatic carbocycles. The van der Waals surface area contributed by atoms with Crippen LogP contribution in [0.4, 0.5) is 15.8 Å². The molecule has 4 rings (SSSR count). The van der Waals surface area contributed by atoms with Crippen LogP contribution < -0.4 is 15.4 Å². The number of hydrogen-bond donors (Lipinski definition) is 2. The van der Waals surface area contributed by atoms with Gasteiger partial charge < -0.3 is 15.4 Å². The summed E-state index contributed by atoms with van der Waals surface area (Å²) >= 11 is 0. The Bertz CT molecular complexity index is 1300. The average Bonchev–Trinajstić information content (AvgIpc) is 2.77. The van der Waals surface area contributed by atoms with Crippen molar-refractivity contribution in [2.45, 2.75) is 6.92 Å². The maximum absolute atomic E-state index is 13.3. The second-order valence-electron chi connectivity index (χ2n) is 7.33. The van der Waals surface area contributed by atoms with Gasteiger partial charge in [0.1, 0.15) is 11.6 Å². The number of hydrogen-bond acceptors (Lipinski definition) is 3. The molecule has 0 fully saturated rings. The van der Waals surface area contributed by atoms with Crippen molar-refractivity contribution in [1.82, 2.24) is 0 Å². The van der Waals surface area contributed by atoms with Crippen LogP contribution in [-0.4, -0.2) is 18.4 Å². The largest absolute Gasteiger partial charge is 0.483 e. The molecule has 0 unspecified atom stereocenters. The van der Waals surface area contributed by atoms with E-state index in [1.54, 1.807) is 18.2 Å². The van der Waals surface area contributed by atoms with Gasteiger partial charge in [0.25, 0.3) is 11.8 Å². The summed E-state index contributed by atoms with van der Waals surface area (Å²) in [7, 11) is 0. The lowest BCUT2D eigenvalue weighted by atomic mass is 10.0. The summed E-state index contributed by atoms with van der Waals surface area (Å²) in [5.74, 6) is -0.612. The van der Waals surface area contributed by atoms with Crippen molar-refractivity contribution in [3.63, 3.8) is 0 Å². The first kappa shape index (κ1) is 21.1. The highest BCUT2D eigenvalue weighted by atomic mass is 19.1. The lowest BCUT2D eigenvalue weighted by Crippen LogP contribution is -2.20. The number of benzene rings is 4. The van der Waals surface area contributed by atoms with Gasteiger partial charge in [0, 0.05) is 22.3 Å². The Morgan fingerprint density at radius 3 is 2.28 bits per heavy atom. The number of ether oxygens (including phenoxy) is 1. The van der Waals surface area contributed by atoms with Gasteiger partial charge in [-0.2, -0.15) is 0 Å². The number of aryl methyl sites for hydroxylation is 1. The maximum atomic E-state index is 13.3. The normalized spacial score (nSPS) is 10.6. The van der Waals surface area contributed by atoms with Gasteiger partial charge in [-0.25, -0.2) is 4.39 Å². The molecule has 0 heterocycles. The minimum Gasteiger partial charge on any atom is -0.483 e. The van der Waals surface area contributed by atoms with E-state index < -0.39 is 11.7 Å². The lowest BCUT2D eigenvalue weighted by molar-refractivity contribution is -0.118. The van der Waals surface area contributed by atoms with Crippen LogP contribution in [0.2, 0.25) is 0 Å². The van der Waals surface area contributed by atoms with Crippen LogP contribution in [0.15, 0.2) is 84.9 Å². The van der Waals surface area contributed by atoms with Gasteiger partial charge in [-0.1, -0.05) is 42.5 Å². The second kappa shape index (κ2) is 9.31. The van der Waals surface area contributed by atoms with E-state index in [4.69, 9.17) is 4.74 Å². The van der Waals surface area contributed by atoms with E-state index in [-0.39, 0.29) is 12.5 Å². The molecule has 0 bridgehead atoms. The first-order valence-corrected chi connectivity index (χ1v) is 10.1. The third kappa shape index (κ3) is 4.92. The molecule has 4 aromatic rings. The SMILES string of the molecule is Cc1cccc(NC(=O)c2ccc(OCC(=O)Nc3cccc(F)c3)c3ccccc23)c1. The van der Waals surface area contributed by atoms with Gasteiger partial charge in [0.15, 0.2) is 6.61 Å². The molecule has 0 saturated carbocycles. The van der Waals surface area contributed by atoms with Crippen molar-refractivity contribution < 1.29 is 18.7 Å². The number of carbonyl (C=O) groups excluding carboxylic acids is 2. The van der Waals surface area contributed by atoms with E-state index in [1.807, 2.05) is 55.5 Å². The van der Waals surface area contributed by atoms with E-state index >= 15 is 0 Å². The van der Waals surface area contributed by atoms with Gasteiger partial charge in [-0.3, -0.25) is 9.59 Å². The second-order valence-corrected chi connectivity index (χ2v) is 7.33. The van der Waals surface area contributed by atoms with Crippen LogP contribution in [-0.2, 0) is 4.79 Å². The topological polar surface area (TPSA) is 67.4 Å². The average molecular weight is 428 g/mol. The van der Waals surface area contributed by atoms with Crippen LogP contribution in [0, 0.1) is 12.7 Å². The van der Waals surface area contributed by atoms with Gasteiger partial charge in [0.2, 0.25) is 0 Å². The highest BCUT2D eigenvalue weighted by Crippen LogP contribution is 2.29. The Morgan fingerprint density at radius 1 is 0.812 bits per heavy atom. The number of amides is 2. The lowest BCUT2D eigenvalue weighted by Gasteiger charge is -2.13. The molecular formula is C26H21FN2O3. The molecule has 2 N–H and O–H groups in total. The summed E-state index contributed by atoms with van der Waals surface area (Å²) in [5, 5.41) is 6.93. The van der Waals surface area contributed by atoms with E-state index in [1.165, 1.54) is 18.2 Å². The summed E-state index contributed by atoms with van der Waals surface area (Å²) in [4.78, 5) is 25.1. The number of rotatable bonds is 6. The van der Waals surface area contributed by atoms with Crippen molar-refractivity contribution in [3.05, 3.63) is 102 Å². The molecule has 0 atom stereocenters. The smallest absolute Gasteiger partial charge is 0.262 e. The first-order valence-electron chi connectivity index (χ1n) is 10.1. The zero-order chi connectivity index (χ0) is 22.5. The van der Waals surface area contributed by atoms with Crippen molar-refractivity contribution in [1.29, 1.82) is 0 Å². The Labute approximate surface area is 184 Å². The molecule has 32 heavy (non-hydrogen) atoms. The van der Waals surface area contributed by atoms with Crippen molar-refractivity contribution in [2.75, 3.05) is 17.2 Å². The van der Waals surface area contributed by atoms with Crippen molar-refractivity contribution >= 4 is 34.0 Å². The Morgan fingerprint density at radius 2 is 1.53 bits per heavy atom. The number of halogens is 1. The molecule has 160 valence electrons. The highest BCUT2D eigenvalue weighted by molar-refractivity contribution is 6.14. The third-order valence-electron chi connectivity index (χ3n) is 4.87. The minimum absolute atomic E-state index is 0.234. The Kier molecular flexibility index (Phi) is 6.12. The fourth-order valence-electron chi connectivity index (χ4n) is 3.42. The molecule has 6 heteroatoms. The van der Waals surface area contributed by atoms with Crippen LogP contribution in [0.1, 0.15) is 15.9 Å². The van der Waals surface area contributed by atoms with E-state index in [2.05, 4.69) is 10.6 Å². The summed E-state index contributed by atoms with van der Waals surface area (Å²) < 4.78 is 19.0. The van der Waals surface area contributed by atoms with Gasteiger partial charge in [-0.15, -0.1) is 0 Å². The zero-order valence-electron chi connectivity index (χ0n) is 17.4. The zero-order valence-corrected chi connectivity index (χ0v) is 17.4. The summed E-state index contributed by atoms with van der Waals surface area (Å²) in [6.07, 6.45) is 0. The van der Waals surface area contributed by atoms with Crippen molar-refractivity contribution in [3.8, 4) is 5.75 Å². The molecule has 5 nitrogen and oxygen atoms in total. The molecule has 0 aliphatic heterocycles. The summed E-state index contributed by atoms with van der Waals surface area (Å²) in [6.45, 7) is 1.71. The predicted octanol–water partition coefficient (Wildman–Crippen LogP) is 5.56. The van der Waals surface area contributed by atoms with E-state index in [0.29, 0.717) is 33.5 Å². The third-order valence-corrected chi connectivity index (χ3v) is 4.87. The molecule has 2 amide bonds. The fourth-order valence-corrected chi connectivity index (χ4v) is 3.42. The predicted molar refractivity (Wildman–Crippen MR) is 124 cm³/mol. The monoisotopic (exact) mass is 428 g/mol. The number of anilines is 2. The van der Waals surface area contributed by atoms with E-state index in [9.17, 15) is 14.0 Å². The van der Waals surface area contributed by atoms with Crippen molar-refractivity contribution in [2.24, 2.45) is 0 Å². The molecular weight excluding hydrogens is 407 g/mol. The van der Waals surface area contributed by atoms with Crippen LogP contribution in [0.25, 0.3) is 10.8 Å². The molecule has 0 spiro atoms. The van der Waals surface area contributed by atoms with Crippen LogP contribution >= 0.6 is 0 Å². The fraction of sp³-hybridized carbons (Fsp3) is 0.0769.